The molecule has 0 spiro atoms. The largest absolute Gasteiger partial charge is 0.384 e. The standard InChI is InChI=1S/C35H46N6O6/c1-4-10-25(36)33(45)39-20-29(42)40-27(19-21(2)3)35(47)41-18-8-15-28(41)34(46)38-17-9-16-37-26-14-7-13-24-30(26)32(44)23-12-6-5-11-22(23)31(24)43/h5-7,11-14,21,25,27-28,37H,4,8-10,15-20,36H2,1-3H3,(H,38,46)(H,39,45)(H,40,42)/t25-,27-,28-/m0/s1. The lowest BCUT2D eigenvalue weighted by Crippen LogP contribution is -2.55. The van der Waals surface area contributed by atoms with Gasteiger partial charge in [-0.2, -0.15) is 0 Å². The van der Waals surface area contributed by atoms with Crippen LogP contribution in [-0.4, -0.2) is 84.4 Å². The molecule has 0 aromatic heterocycles. The van der Waals surface area contributed by atoms with Gasteiger partial charge in [0.05, 0.1) is 18.2 Å². The molecule has 2 aromatic carbocycles. The molecule has 3 atom stereocenters. The van der Waals surface area contributed by atoms with Gasteiger partial charge in [0.1, 0.15) is 12.1 Å². The minimum absolute atomic E-state index is 0.0950. The minimum atomic E-state index is -0.834. The van der Waals surface area contributed by atoms with Crippen LogP contribution in [0, 0.1) is 5.92 Å². The molecule has 1 fully saturated rings. The maximum Gasteiger partial charge on any atom is 0.245 e. The van der Waals surface area contributed by atoms with E-state index < -0.39 is 29.9 Å². The predicted molar refractivity (Wildman–Crippen MR) is 178 cm³/mol. The summed E-state index contributed by atoms with van der Waals surface area (Å²) < 4.78 is 0. The van der Waals surface area contributed by atoms with E-state index in [1.807, 2.05) is 20.8 Å². The highest BCUT2D eigenvalue weighted by Crippen LogP contribution is 2.32. The van der Waals surface area contributed by atoms with Crippen LogP contribution in [0.15, 0.2) is 42.5 Å². The van der Waals surface area contributed by atoms with Crippen molar-refractivity contribution in [1.82, 2.24) is 20.9 Å². The van der Waals surface area contributed by atoms with Gasteiger partial charge in [-0.25, -0.2) is 0 Å². The van der Waals surface area contributed by atoms with Crippen molar-refractivity contribution in [3.05, 3.63) is 64.7 Å². The van der Waals surface area contributed by atoms with E-state index in [4.69, 9.17) is 5.73 Å². The molecule has 2 aliphatic rings. The van der Waals surface area contributed by atoms with Crippen LogP contribution in [0.3, 0.4) is 0 Å². The Bertz CT molecular complexity index is 1510. The fourth-order valence-electron chi connectivity index (χ4n) is 6.12. The van der Waals surface area contributed by atoms with Gasteiger partial charge in [-0.1, -0.05) is 63.6 Å². The molecular formula is C35H46N6O6. The van der Waals surface area contributed by atoms with Crippen molar-refractivity contribution >= 4 is 40.9 Å². The maximum atomic E-state index is 13.6. The molecule has 6 N–H and O–H groups in total. The lowest BCUT2D eigenvalue weighted by Gasteiger charge is -2.29. The van der Waals surface area contributed by atoms with Crippen LogP contribution in [0.1, 0.15) is 91.1 Å². The van der Waals surface area contributed by atoms with Crippen molar-refractivity contribution < 1.29 is 28.8 Å². The molecule has 1 aliphatic carbocycles. The van der Waals surface area contributed by atoms with Crippen LogP contribution in [0.5, 0.6) is 0 Å². The maximum absolute atomic E-state index is 13.6. The number of likely N-dealkylation sites (tertiary alicyclic amines) is 1. The Morgan fingerprint density at radius 1 is 0.936 bits per heavy atom. The van der Waals surface area contributed by atoms with E-state index in [9.17, 15) is 28.8 Å². The Morgan fingerprint density at radius 2 is 1.64 bits per heavy atom. The monoisotopic (exact) mass is 646 g/mol. The molecular weight excluding hydrogens is 600 g/mol. The zero-order valence-electron chi connectivity index (χ0n) is 27.4. The molecule has 0 bridgehead atoms. The van der Waals surface area contributed by atoms with Crippen LogP contribution in [0.2, 0.25) is 0 Å². The first-order chi connectivity index (χ1) is 22.5. The van der Waals surface area contributed by atoms with Crippen molar-refractivity contribution in [3.63, 3.8) is 0 Å². The molecule has 12 nitrogen and oxygen atoms in total. The summed E-state index contributed by atoms with van der Waals surface area (Å²) in [6, 6.07) is 9.77. The Kier molecular flexibility index (Phi) is 12.2. The number of nitrogens with one attached hydrogen (secondary N) is 4. The van der Waals surface area contributed by atoms with E-state index in [-0.39, 0.29) is 35.8 Å². The van der Waals surface area contributed by atoms with Gasteiger partial charge in [0, 0.05) is 42.0 Å². The third-order valence-electron chi connectivity index (χ3n) is 8.46. The molecule has 4 rings (SSSR count). The summed E-state index contributed by atoms with van der Waals surface area (Å²) in [5.41, 5.74) is 7.88. The molecule has 2 aromatic rings. The number of amides is 4. The lowest BCUT2D eigenvalue weighted by atomic mass is 9.83. The fourth-order valence-corrected chi connectivity index (χ4v) is 6.12. The number of hydrogen-bond acceptors (Lipinski definition) is 8. The molecule has 4 amide bonds. The van der Waals surface area contributed by atoms with Gasteiger partial charge in [-0.15, -0.1) is 0 Å². The molecule has 12 heteroatoms. The van der Waals surface area contributed by atoms with Gasteiger partial charge in [0.25, 0.3) is 0 Å². The summed E-state index contributed by atoms with van der Waals surface area (Å²) >= 11 is 0. The third kappa shape index (κ3) is 8.62. The van der Waals surface area contributed by atoms with Gasteiger partial charge in [0.15, 0.2) is 11.6 Å². The SMILES string of the molecule is CCC[C@H](N)C(=O)NCC(=O)N[C@@H](CC(C)C)C(=O)N1CCC[C@H]1C(=O)NCCCNc1cccc2c1C(=O)c1ccccc1C2=O. The Labute approximate surface area is 275 Å². The topological polar surface area (TPSA) is 180 Å². The van der Waals surface area contributed by atoms with E-state index in [1.165, 1.54) is 4.90 Å². The van der Waals surface area contributed by atoms with Crippen LogP contribution >= 0.6 is 0 Å². The normalized spacial score (nSPS) is 16.6. The number of fused-ring (bicyclic) bond motifs is 2. The number of anilines is 1. The molecule has 0 unspecified atom stereocenters. The highest BCUT2D eigenvalue weighted by molar-refractivity contribution is 6.30. The molecule has 1 aliphatic heterocycles. The van der Waals surface area contributed by atoms with Gasteiger partial charge >= 0.3 is 0 Å². The Morgan fingerprint density at radius 3 is 2.34 bits per heavy atom. The second kappa shape index (κ2) is 16.3. The number of rotatable bonds is 15. The van der Waals surface area contributed by atoms with Crippen LogP contribution in [0.25, 0.3) is 0 Å². The summed E-state index contributed by atoms with van der Waals surface area (Å²) in [6.45, 7) is 6.68. The van der Waals surface area contributed by atoms with Crippen molar-refractivity contribution in [2.75, 3.05) is 31.5 Å². The third-order valence-corrected chi connectivity index (χ3v) is 8.46. The second-order valence-corrected chi connectivity index (χ2v) is 12.6. The van der Waals surface area contributed by atoms with Crippen LogP contribution < -0.4 is 27.0 Å². The lowest BCUT2D eigenvalue weighted by molar-refractivity contribution is -0.141. The first kappa shape index (κ1) is 35.3. The summed E-state index contributed by atoms with van der Waals surface area (Å²) in [7, 11) is 0. The van der Waals surface area contributed by atoms with E-state index in [1.54, 1.807) is 42.5 Å². The number of hydrogen-bond donors (Lipinski definition) is 5. The number of benzene rings is 2. The number of carbonyl (C=O) groups is 6. The average Bonchev–Trinajstić information content (AvgIpc) is 3.55. The highest BCUT2D eigenvalue weighted by Gasteiger charge is 2.38. The van der Waals surface area contributed by atoms with E-state index in [0.29, 0.717) is 79.7 Å². The van der Waals surface area contributed by atoms with Gasteiger partial charge in [-0.3, -0.25) is 28.8 Å². The quantitative estimate of drug-likeness (QED) is 0.156. The summed E-state index contributed by atoms with van der Waals surface area (Å²) in [5.74, 6) is -1.80. The molecule has 0 radical (unpaired) electrons. The van der Waals surface area contributed by atoms with Crippen molar-refractivity contribution in [2.45, 2.75) is 77.4 Å². The highest BCUT2D eigenvalue weighted by atomic mass is 16.2. The zero-order valence-corrected chi connectivity index (χ0v) is 27.4. The van der Waals surface area contributed by atoms with E-state index in [0.717, 1.165) is 6.42 Å². The molecule has 252 valence electrons. The molecule has 1 saturated heterocycles. The van der Waals surface area contributed by atoms with Crippen molar-refractivity contribution in [3.8, 4) is 0 Å². The van der Waals surface area contributed by atoms with Crippen LogP contribution in [0.4, 0.5) is 5.69 Å². The number of nitrogens with zero attached hydrogens (tertiary/aromatic N) is 1. The fraction of sp³-hybridized carbons (Fsp3) is 0.486. The zero-order chi connectivity index (χ0) is 34.1. The molecule has 1 heterocycles. The van der Waals surface area contributed by atoms with E-state index in [2.05, 4.69) is 21.3 Å². The minimum Gasteiger partial charge on any atom is -0.384 e. The summed E-state index contributed by atoms with van der Waals surface area (Å²) in [4.78, 5) is 79.4. The van der Waals surface area contributed by atoms with Crippen molar-refractivity contribution in [2.24, 2.45) is 11.7 Å². The van der Waals surface area contributed by atoms with Gasteiger partial charge in [0.2, 0.25) is 23.6 Å². The smallest absolute Gasteiger partial charge is 0.245 e. The molecule has 47 heavy (non-hydrogen) atoms. The Hall–Kier alpha value is -4.58. The average molecular weight is 647 g/mol. The number of carbonyl (C=O) groups excluding carboxylic acids is 6. The second-order valence-electron chi connectivity index (χ2n) is 12.6. The summed E-state index contributed by atoms with van der Waals surface area (Å²) in [6.07, 6.45) is 3.33. The number of ketones is 2. The first-order valence-electron chi connectivity index (χ1n) is 16.5. The van der Waals surface area contributed by atoms with Gasteiger partial charge < -0.3 is 31.9 Å². The van der Waals surface area contributed by atoms with Crippen molar-refractivity contribution in [1.29, 1.82) is 0 Å². The molecule has 0 saturated carbocycles. The summed E-state index contributed by atoms with van der Waals surface area (Å²) in [5, 5.41) is 11.4. The first-order valence-corrected chi connectivity index (χ1v) is 16.5. The van der Waals surface area contributed by atoms with Crippen LogP contribution in [-0.2, 0) is 19.2 Å². The van der Waals surface area contributed by atoms with Gasteiger partial charge in [-0.05, 0) is 44.1 Å². The van der Waals surface area contributed by atoms with E-state index >= 15 is 0 Å². The predicted octanol–water partition coefficient (Wildman–Crippen LogP) is 2.15. The Balaban J connectivity index is 1.28. The number of nitrogens with two attached hydrogens (primary N) is 1.